The molecule has 1 aliphatic carbocycles. The van der Waals surface area contributed by atoms with Crippen molar-refractivity contribution in [3.63, 3.8) is 0 Å². The van der Waals surface area contributed by atoms with Crippen LogP contribution in [0.25, 0.3) is 0 Å². The Hall–Kier alpha value is -1.30. The molecular weight excluding hydrogens is 322 g/mol. The van der Waals surface area contributed by atoms with Gasteiger partial charge in [-0.25, -0.2) is 9.97 Å². The first-order chi connectivity index (χ1) is 11.7. The van der Waals surface area contributed by atoms with Crippen LogP contribution in [0.1, 0.15) is 51.0 Å². The fourth-order valence-electron chi connectivity index (χ4n) is 3.33. The van der Waals surface area contributed by atoms with E-state index in [1.807, 2.05) is 29.1 Å². The molecule has 1 saturated heterocycles. The molecule has 2 heterocycles. The van der Waals surface area contributed by atoms with Crippen molar-refractivity contribution in [1.29, 1.82) is 0 Å². The Kier molecular flexibility index (Phi) is 6.35. The summed E-state index contributed by atoms with van der Waals surface area (Å²) in [5.74, 6) is 0.862. The quantitative estimate of drug-likeness (QED) is 0.790. The second-order valence-corrected chi connectivity index (χ2v) is 7.96. The van der Waals surface area contributed by atoms with Crippen LogP contribution in [0.3, 0.4) is 0 Å². The van der Waals surface area contributed by atoms with Crippen LogP contribution in [0.15, 0.2) is 12.4 Å². The molecule has 0 N–H and O–H groups in total. The summed E-state index contributed by atoms with van der Waals surface area (Å²) in [6.07, 6.45) is 11.7. The van der Waals surface area contributed by atoms with Gasteiger partial charge in [-0.3, -0.25) is 4.79 Å². The highest BCUT2D eigenvalue weighted by molar-refractivity contribution is 8.00. The van der Waals surface area contributed by atoms with Crippen molar-refractivity contribution < 1.29 is 9.53 Å². The zero-order valence-electron chi connectivity index (χ0n) is 14.4. The van der Waals surface area contributed by atoms with Crippen LogP contribution >= 0.6 is 11.8 Å². The summed E-state index contributed by atoms with van der Waals surface area (Å²) < 4.78 is 5.89. The minimum Gasteiger partial charge on any atom is -0.458 e. The highest BCUT2D eigenvalue weighted by Crippen LogP contribution is 2.29. The van der Waals surface area contributed by atoms with E-state index < -0.39 is 0 Å². The summed E-state index contributed by atoms with van der Waals surface area (Å²) in [5, 5.41) is 0.691. The zero-order valence-corrected chi connectivity index (χ0v) is 15.3. The maximum atomic E-state index is 12.5. The third kappa shape index (κ3) is 4.85. The van der Waals surface area contributed by atoms with E-state index in [2.05, 4.69) is 16.9 Å². The van der Waals surface area contributed by atoms with Gasteiger partial charge in [0.05, 0.1) is 12.3 Å². The molecular formula is C18H27N3O2S. The molecule has 0 radical (unpaired) electrons. The summed E-state index contributed by atoms with van der Waals surface area (Å²) in [6.45, 7) is 3.58. The van der Waals surface area contributed by atoms with Gasteiger partial charge in [-0.2, -0.15) is 0 Å². The van der Waals surface area contributed by atoms with Crippen molar-refractivity contribution in [3.05, 3.63) is 18.0 Å². The predicted molar refractivity (Wildman–Crippen MR) is 96.4 cm³/mol. The Morgan fingerprint density at radius 1 is 1.25 bits per heavy atom. The third-order valence-corrected chi connectivity index (χ3v) is 6.19. The molecule has 0 bridgehead atoms. The van der Waals surface area contributed by atoms with E-state index in [-0.39, 0.29) is 12.0 Å². The Bertz CT molecular complexity index is 532. The molecule has 1 unspecified atom stereocenters. The number of hydrogen-bond acceptors (Lipinski definition) is 5. The largest absolute Gasteiger partial charge is 0.458 e. The van der Waals surface area contributed by atoms with Gasteiger partial charge in [0.25, 0.3) is 0 Å². The molecule has 132 valence electrons. The molecule has 5 nitrogen and oxygen atoms in total. The normalized spacial score (nSPS) is 21.9. The van der Waals surface area contributed by atoms with Gasteiger partial charge in [0.2, 0.25) is 5.91 Å². The van der Waals surface area contributed by atoms with Gasteiger partial charge in [-0.05, 0) is 37.7 Å². The van der Waals surface area contributed by atoms with E-state index in [1.165, 1.54) is 25.7 Å². The summed E-state index contributed by atoms with van der Waals surface area (Å²) >= 11 is 1.84. The van der Waals surface area contributed by atoms with E-state index in [0.29, 0.717) is 23.6 Å². The molecule has 1 aromatic heterocycles. The van der Waals surface area contributed by atoms with Gasteiger partial charge in [-0.1, -0.05) is 19.8 Å². The van der Waals surface area contributed by atoms with E-state index >= 15 is 0 Å². The summed E-state index contributed by atoms with van der Waals surface area (Å²) in [7, 11) is 0. The fourth-order valence-corrected chi connectivity index (χ4v) is 4.56. The Morgan fingerprint density at radius 2 is 2.00 bits per heavy atom. The molecule has 24 heavy (non-hydrogen) atoms. The molecule has 6 heteroatoms. The molecule has 1 amide bonds. The molecule has 2 aliphatic rings. The van der Waals surface area contributed by atoms with Gasteiger partial charge < -0.3 is 9.64 Å². The second-order valence-electron chi connectivity index (χ2n) is 6.67. The number of ether oxygens (including phenoxy) is 1. The first-order valence-corrected chi connectivity index (χ1v) is 10.2. The fraction of sp³-hybridized carbons (Fsp3) is 0.722. The van der Waals surface area contributed by atoms with Crippen LogP contribution in [0.2, 0.25) is 0 Å². The van der Waals surface area contributed by atoms with Gasteiger partial charge >= 0.3 is 6.01 Å². The Labute approximate surface area is 148 Å². The van der Waals surface area contributed by atoms with Crippen molar-refractivity contribution in [1.82, 2.24) is 14.9 Å². The SMILES string of the molecule is CCc1cnc(OC2CCCN(C(=O)CSC3CCCC3)C2)nc1. The van der Waals surface area contributed by atoms with Crippen molar-refractivity contribution >= 4 is 17.7 Å². The van der Waals surface area contributed by atoms with Crippen LogP contribution in [0.4, 0.5) is 0 Å². The number of carbonyl (C=O) groups excluding carboxylic acids is 1. The average molecular weight is 350 g/mol. The van der Waals surface area contributed by atoms with Gasteiger partial charge in [0.15, 0.2) is 0 Å². The van der Waals surface area contributed by atoms with Gasteiger partial charge in [0.1, 0.15) is 6.10 Å². The van der Waals surface area contributed by atoms with Crippen LogP contribution in [0, 0.1) is 0 Å². The maximum Gasteiger partial charge on any atom is 0.316 e. The van der Waals surface area contributed by atoms with Crippen LogP contribution in [-0.4, -0.2) is 51.0 Å². The number of aryl methyl sites for hydroxylation is 1. The van der Waals surface area contributed by atoms with Crippen LogP contribution in [-0.2, 0) is 11.2 Å². The molecule has 1 atom stereocenters. The summed E-state index contributed by atoms with van der Waals surface area (Å²) in [4.78, 5) is 22.9. The number of nitrogens with zero attached hydrogens (tertiary/aromatic N) is 3. The lowest BCUT2D eigenvalue weighted by molar-refractivity contribution is -0.131. The van der Waals surface area contributed by atoms with Crippen LogP contribution < -0.4 is 4.74 Å². The van der Waals surface area contributed by atoms with Gasteiger partial charge in [0, 0.05) is 24.2 Å². The predicted octanol–water partition coefficient (Wildman–Crippen LogP) is 3.08. The lowest BCUT2D eigenvalue weighted by Crippen LogP contribution is -2.45. The molecule has 3 rings (SSSR count). The number of carbonyl (C=O) groups is 1. The van der Waals surface area contributed by atoms with Crippen molar-refractivity contribution in [2.24, 2.45) is 0 Å². The van der Waals surface area contributed by atoms with Crippen molar-refractivity contribution in [2.45, 2.75) is 63.2 Å². The standard InChI is InChI=1S/C18H27N3O2S/c1-2-14-10-19-18(20-11-14)23-15-6-5-9-21(12-15)17(22)13-24-16-7-3-4-8-16/h10-11,15-16H,2-9,12-13H2,1H3. The average Bonchev–Trinajstić information content (AvgIpc) is 3.14. The van der Waals surface area contributed by atoms with E-state index in [4.69, 9.17) is 4.74 Å². The van der Waals surface area contributed by atoms with E-state index in [9.17, 15) is 4.79 Å². The topological polar surface area (TPSA) is 55.3 Å². The number of rotatable bonds is 6. The molecule has 1 saturated carbocycles. The molecule has 1 aromatic rings. The van der Waals surface area contributed by atoms with Gasteiger partial charge in [-0.15, -0.1) is 11.8 Å². The third-order valence-electron chi connectivity index (χ3n) is 4.84. The molecule has 0 aromatic carbocycles. The number of piperidine rings is 1. The zero-order chi connectivity index (χ0) is 16.8. The molecule has 1 aliphatic heterocycles. The number of aromatic nitrogens is 2. The second kappa shape index (κ2) is 8.70. The highest BCUT2D eigenvalue weighted by Gasteiger charge is 2.26. The number of amides is 1. The minimum atomic E-state index is 0.00616. The van der Waals surface area contributed by atoms with Crippen LogP contribution in [0.5, 0.6) is 6.01 Å². The summed E-state index contributed by atoms with van der Waals surface area (Å²) in [6, 6.07) is 0.423. The first-order valence-electron chi connectivity index (χ1n) is 9.11. The smallest absolute Gasteiger partial charge is 0.316 e. The van der Waals surface area contributed by atoms with Crippen molar-refractivity contribution in [3.8, 4) is 6.01 Å². The van der Waals surface area contributed by atoms with E-state index in [0.717, 1.165) is 31.4 Å². The number of hydrogen-bond donors (Lipinski definition) is 0. The first kappa shape index (κ1) is 17.5. The maximum absolute atomic E-state index is 12.5. The Morgan fingerprint density at radius 3 is 2.71 bits per heavy atom. The molecule has 0 spiro atoms. The number of likely N-dealkylation sites (tertiary alicyclic amines) is 1. The lowest BCUT2D eigenvalue weighted by atomic mass is 10.1. The summed E-state index contributed by atoms with van der Waals surface area (Å²) in [5.41, 5.74) is 1.10. The minimum absolute atomic E-state index is 0.00616. The molecule has 2 fully saturated rings. The number of thioether (sulfide) groups is 1. The Balaban J connectivity index is 1.46. The highest BCUT2D eigenvalue weighted by atomic mass is 32.2. The monoisotopic (exact) mass is 349 g/mol. The van der Waals surface area contributed by atoms with Crippen molar-refractivity contribution in [2.75, 3.05) is 18.8 Å². The lowest BCUT2D eigenvalue weighted by Gasteiger charge is -2.32. The van der Waals surface area contributed by atoms with E-state index in [1.54, 1.807) is 0 Å².